The van der Waals surface area contributed by atoms with E-state index in [1.54, 1.807) is 6.07 Å². The third-order valence-corrected chi connectivity index (χ3v) is 7.93. The van der Waals surface area contributed by atoms with Crippen molar-refractivity contribution in [2.75, 3.05) is 37.6 Å². The molecule has 0 radical (unpaired) electrons. The number of ketones is 1. The lowest BCUT2D eigenvalue weighted by Gasteiger charge is -2.35. The lowest BCUT2D eigenvalue weighted by Crippen LogP contribution is -2.48. The first kappa shape index (κ1) is 25.5. The van der Waals surface area contributed by atoms with Crippen LogP contribution in [0.3, 0.4) is 0 Å². The smallest absolute Gasteiger partial charge is 0.169 e. The molecule has 1 N–H and O–H groups in total. The number of halogens is 2. The highest BCUT2D eigenvalue weighted by Gasteiger charge is 2.29. The number of carbonyl (C=O) groups is 1. The van der Waals surface area contributed by atoms with Crippen LogP contribution in [0.25, 0.3) is 33.2 Å². The minimum Gasteiger partial charge on any atom is -0.507 e. The van der Waals surface area contributed by atoms with Crippen molar-refractivity contribution in [2.45, 2.75) is 18.8 Å². The summed E-state index contributed by atoms with van der Waals surface area (Å²) < 4.78 is 15.0. The van der Waals surface area contributed by atoms with Gasteiger partial charge >= 0.3 is 0 Å². The Morgan fingerprint density at radius 3 is 2.51 bits per heavy atom. The molecule has 1 saturated heterocycles. The van der Waals surface area contributed by atoms with Crippen LogP contribution in [0, 0.1) is 5.82 Å². The van der Waals surface area contributed by atoms with Gasteiger partial charge in [0.05, 0.1) is 12.1 Å². The Bertz CT molecular complexity index is 1580. The van der Waals surface area contributed by atoms with Gasteiger partial charge in [-0.1, -0.05) is 48.5 Å². The molecule has 2 heterocycles. The van der Waals surface area contributed by atoms with Gasteiger partial charge in [-0.3, -0.25) is 9.69 Å². The second kappa shape index (κ2) is 10.4. The van der Waals surface area contributed by atoms with E-state index in [2.05, 4.69) is 28.5 Å². The first-order valence-corrected chi connectivity index (χ1v) is 13.5. The van der Waals surface area contributed by atoms with Crippen molar-refractivity contribution in [1.82, 2.24) is 15.1 Å². The van der Waals surface area contributed by atoms with Crippen LogP contribution in [0.4, 0.5) is 10.2 Å². The topological polar surface area (TPSA) is 69.6 Å². The average Bonchev–Trinajstić information content (AvgIpc) is 3.79. The van der Waals surface area contributed by atoms with Gasteiger partial charge in [-0.2, -0.15) is 0 Å². The molecule has 0 bridgehead atoms. The normalized spacial score (nSPS) is 16.0. The molecule has 198 valence electrons. The molecule has 6 rings (SSSR count). The van der Waals surface area contributed by atoms with E-state index >= 15 is 0 Å². The number of benzene rings is 3. The van der Waals surface area contributed by atoms with Gasteiger partial charge in [0.2, 0.25) is 0 Å². The quantitative estimate of drug-likeness (QED) is 0.280. The number of fused-ring (bicyclic) bond motifs is 1. The van der Waals surface area contributed by atoms with E-state index in [0.29, 0.717) is 60.7 Å². The van der Waals surface area contributed by atoms with E-state index < -0.39 is 5.82 Å². The molecule has 8 heteroatoms. The summed E-state index contributed by atoms with van der Waals surface area (Å²) in [6.07, 6.45) is 3.63. The number of rotatable bonds is 7. The maximum absolute atomic E-state index is 15.0. The molecule has 3 aromatic carbocycles. The first-order chi connectivity index (χ1) is 18.9. The number of nitrogens with zero attached hydrogens (tertiary/aromatic N) is 4. The molecule has 39 heavy (non-hydrogen) atoms. The molecule has 0 spiro atoms. The van der Waals surface area contributed by atoms with Crippen LogP contribution in [0.15, 0.2) is 67.3 Å². The van der Waals surface area contributed by atoms with Gasteiger partial charge in [0, 0.05) is 53.1 Å². The van der Waals surface area contributed by atoms with Crippen LogP contribution in [0.5, 0.6) is 5.75 Å². The monoisotopic (exact) mass is 542 g/mol. The molecule has 6 nitrogen and oxygen atoms in total. The van der Waals surface area contributed by atoms with Gasteiger partial charge in [-0.25, -0.2) is 4.39 Å². The number of aromatic hydroxyl groups is 1. The standard InChI is InChI=1S/C31H28ClFN4O2/c1-2-20(38)18-36-12-14-37(15-13-36)31-24-17-26(32)25(29-27(33)8-5-9-28(29)39)16-23(24)30(34-35-31)22-7-4-3-6-21(22)19-10-11-19/h2-9,16-17,19,39H,1,10-15,18H2. The van der Waals surface area contributed by atoms with E-state index in [9.17, 15) is 14.3 Å². The SMILES string of the molecule is C=CC(=O)CN1CCN(c2nnc(-c3ccccc3C3CC3)c3cc(-c4c(O)cccc4F)c(Cl)cc23)CC1. The summed E-state index contributed by atoms with van der Waals surface area (Å²) in [6.45, 7) is 6.65. The Balaban J connectivity index is 1.50. The minimum atomic E-state index is -0.552. The highest BCUT2D eigenvalue weighted by atomic mass is 35.5. The van der Waals surface area contributed by atoms with E-state index in [1.807, 2.05) is 18.2 Å². The molecule has 4 aromatic rings. The predicted molar refractivity (Wildman–Crippen MR) is 153 cm³/mol. The summed E-state index contributed by atoms with van der Waals surface area (Å²) >= 11 is 6.78. The summed E-state index contributed by atoms with van der Waals surface area (Å²) in [5.74, 6) is 0.459. The largest absolute Gasteiger partial charge is 0.507 e. The van der Waals surface area contributed by atoms with Crippen molar-refractivity contribution in [3.63, 3.8) is 0 Å². The van der Waals surface area contributed by atoms with Gasteiger partial charge in [0.15, 0.2) is 11.6 Å². The molecular formula is C31H28ClFN4O2. The molecular weight excluding hydrogens is 515 g/mol. The molecule has 1 aliphatic heterocycles. The summed E-state index contributed by atoms with van der Waals surface area (Å²) in [7, 11) is 0. The number of aromatic nitrogens is 2. The highest BCUT2D eigenvalue weighted by molar-refractivity contribution is 6.34. The molecule has 0 atom stereocenters. The number of hydrogen-bond acceptors (Lipinski definition) is 6. The van der Waals surface area contributed by atoms with Crippen LogP contribution in [0.1, 0.15) is 24.3 Å². The summed E-state index contributed by atoms with van der Waals surface area (Å²) in [6, 6.07) is 16.1. The average molecular weight is 543 g/mol. The lowest BCUT2D eigenvalue weighted by molar-refractivity contribution is -0.115. The Labute approximate surface area is 231 Å². The van der Waals surface area contributed by atoms with Crippen molar-refractivity contribution >= 4 is 34.0 Å². The number of phenolic OH excluding ortho intramolecular Hbond substituents is 1. The fraction of sp³-hybridized carbons (Fsp3) is 0.258. The van der Waals surface area contributed by atoms with Gasteiger partial charge in [0.25, 0.3) is 0 Å². The third-order valence-electron chi connectivity index (χ3n) is 7.62. The zero-order valence-corrected chi connectivity index (χ0v) is 22.2. The number of piperazine rings is 1. The van der Waals surface area contributed by atoms with E-state index in [0.717, 1.165) is 29.2 Å². The first-order valence-electron chi connectivity index (χ1n) is 13.1. The number of phenols is 1. The fourth-order valence-corrected chi connectivity index (χ4v) is 5.69. The summed E-state index contributed by atoms with van der Waals surface area (Å²) in [5.41, 5.74) is 3.40. The van der Waals surface area contributed by atoms with E-state index in [1.165, 1.54) is 29.8 Å². The van der Waals surface area contributed by atoms with Crippen molar-refractivity contribution in [3.8, 4) is 28.1 Å². The van der Waals surface area contributed by atoms with Crippen molar-refractivity contribution in [3.05, 3.63) is 83.7 Å². The van der Waals surface area contributed by atoms with Gasteiger partial charge < -0.3 is 10.0 Å². The number of anilines is 1. The van der Waals surface area contributed by atoms with Crippen molar-refractivity contribution in [2.24, 2.45) is 0 Å². The van der Waals surface area contributed by atoms with Gasteiger partial charge in [0.1, 0.15) is 17.3 Å². The van der Waals surface area contributed by atoms with Crippen LogP contribution in [0.2, 0.25) is 5.02 Å². The Hall–Kier alpha value is -3.81. The maximum atomic E-state index is 15.0. The van der Waals surface area contributed by atoms with Crippen LogP contribution in [-0.4, -0.2) is 58.7 Å². The fourth-order valence-electron chi connectivity index (χ4n) is 5.43. The van der Waals surface area contributed by atoms with E-state index in [4.69, 9.17) is 21.8 Å². The Morgan fingerprint density at radius 2 is 1.79 bits per heavy atom. The molecule has 0 unspecified atom stereocenters. The maximum Gasteiger partial charge on any atom is 0.169 e. The van der Waals surface area contributed by atoms with Crippen LogP contribution in [-0.2, 0) is 4.79 Å². The number of hydrogen-bond donors (Lipinski definition) is 1. The summed E-state index contributed by atoms with van der Waals surface area (Å²) in [4.78, 5) is 16.1. The third kappa shape index (κ3) is 4.88. The second-order valence-corrected chi connectivity index (χ2v) is 10.6. The molecule has 0 amide bonds. The lowest BCUT2D eigenvalue weighted by atomic mass is 9.94. The zero-order valence-electron chi connectivity index (χ0n) is 21.4. The minimum absolute atomic E-state index is 0.00285. The van der Waals surface area contributed by atoms with Crippen molar-refractivity contribution in [1.29, 1.82) is 0 Å². The van der Waals surface area contributed by atoms with Gasteiger partial charge in [-0.15, -0.1) is 10.2 Å². The Morgan fingerprint density at radius 1 is 1.03 bits per heavy atom. The molecule has 2 aliphatic rings. The molecule has 1 aromatic heterocycles. The van der Waals surface area contributed by atoms with E-state index in [-0.39, 0.29) is 17.1 Å². The molecule has 1 saturated carbocycles. The summed E-state index contributed by atoms with van der Waals surface area (Å²) in [5, 5.41) is 21.9. The van der Waals surface area contributed by atoms with Crippen molar-refractivity contribution < 1.29 is 14.3 Å². The molecule has 1 aliphatic carbocycles. The Kier molecular flexibility index (Phi) is 6.79. The van der Waals surface area contributed by atoms with Crippen LogP contribution < -0.4 is 4.90 Å². The second-order valence-electron chi connectivity index (χ2n) is 10.2. The zero-order chi connectivity index (χ0) is 27.1. The molecule has 2 fully saturated rings. The van der Waals surface area contributed by atoms with Crippen LogP contribution >= 0.6 is 11.6 Å². The number of carbonyl (C=O) groups excluding carboxylic acids is 1. The van der Waals surface area contributed by atoms with Gasteiger partial charge in [-0.05, 0) is 54.7 Å². The highest BCUT2D eigenvalue weighted by Crippen LogP contribution is 2.47. The predicted octanol–water partition coefficient (Wildman–Crippen LogP) is 6.22.